The van der Waals surface area contributed by atoms with Crippen molar-refractivity contribution in [3.63, 3.8) is 0 Å². The normalized spacial score (nSPS) is 17.1. The van der Waals surface area contributed by atoms with Gasteiger partial charge in [0.15, 0.2) is 5.78 Å². The molecule has 0 spiro atoms. The van der Waals surface area contributed by atoms with E-state index in [2.05, 4.69) is 11.8 Å². The molecular weight excluding hydrogens is 274 g/mol. The zero-order valence-electron chi connectivity index (χ0n) is 12.2. The number of nitrogens with zero attached hydrogens (tertiary/aromatic N) is 1. The fourth-order valence-corrected chi connectivity index (χ4v) is 2.68. The maximum Gasteiger partial charge on any atom is 0.180 e. The Kier molecular flexibility index (Phi) is 5.44. The average Bonchev–Trinajstić information content (AvgIpc) is 2.43. The molecule has 0 atom stereocenters. The van der Waals surface area contributed by atoms with Crippen molar-refractivity contribution in [1.29, 1.82) is 0 Å². The summed E-state index contributed by atoms with van der Waals surface area (Å²) in [6, 6.07) is 5.24. The van der Waals surface area contributed by atoms with Gasteiger partial charge in [0.2, 0.25) is 0 Å². The molecule has 2 rings (SSSR count). The molecule has 1 aliphatic heterocycles. The van der Waals surface area contributed by atoms with Crippen LogP contribution in [0, 0.1) is 5.92 Å². The molecule has 0 radical (unpaired) electrons. The van der Waals surface area contributed by atoms with Crippen LogP contribution in [0.3, 0.4) is 0 Å². The lowest BCUT2D eigenvalue weighted by Gasteiger charge is -2.29. The molecule has 0 amide bonds. The highest BCUT2D eigenvalue weighted by molar-refractivity contribution is 6.31. The molecule has 0 N–H and O–H groups in total. The lowest BCUT2D eigenvalue weighted by atomic mass is 9.98. The number of ether oxygens (including phenoxy) is 1. The van der Waals surface area contributed by atoms with E-state index in [1.807, 2.05) is 6.92 Å². The van der Waals surface area contributed by atoms with E-state index < -0.39 is 0 Å². The molecule has 1 heterocycles. The van der Waals surface area contributed by atoms with Crippen LogP contribution in [0.15, 0.2) is 18.2 Å². The number of carbonyl (C=O) groups excluding carboxylic acids is 1. The van der Waals surface area contributed by atoms with Gasteiger partial charge in [-0.05, 0) is 57.0 Å². The van der Waals surface area contributed by atoms with E-state index in [1.165, 1.54) is 12.8 Å². The molecule has 4 heteroatoms. The Labute approximate surface area is 125 Å². The summed E-state index contributed by atoms with van der Waals surface area (Å²) in [4.78, 5) is 14.7. The standard InChI is InChI=1S/C16H22ClNO2/c1-3-20-16-5-4-13(17)10-14(16)15(19)11-18-8-6-12(2)7-9-18/h4-5,10,12H,3,6-9,11H2,1-2H3. The molecule has 1 fully saturated rings. The first-order valence-electron chi connectivity index (χ1n) is 7.28. The zero-order chi connectivity index (χ0) is 14.5. The number of Topliss-reactive ketones (excluding diaryl/α,β-unsaturated/α-hetero) is 1. The van der Waals surface area contributed by atoms with Gasteiger partial charge in [-0.1, -0.05) is 18.5 Å². The lowest BCUT2D eigenvalue weighted by Crippen LogP contribution is -2.36. The van der Waals surface area contributed by atoms with Gasteiger partial charge >= 0.3 is 0 Å². The Hall–Kier alpha value is -1.06. The third kappa shape index (κ3) is 3.97. The number of halogens is 1. The van der Waals surface area contributed by atoms with Crippen molar-refractivity contribution in [2.45, 2.75) is 26.7 Å². The van der Waals surface area contributed by atoms with Crippen LogP contribution in [0.4, 0.5) is 0 Å². The van der Waals surface area contributed by atoms with Crippen LogP contribution in [0.1, 0.15) is 37.0 Å². The van der Waals surface area contributed by atoms with E-state index >= 15 is 0 Å². The highest BCUT2D eigenvalue weighted by atomic mass is 35.5. The SMILES string of the molecule is CCOc1ccc(Cl)cc1C(=O)CN1CCC(C)CC1. The van der Waals surface area contributed by atoms with Gasteiger partial charge < -0.3 is 4.74 Å². The minimum atomic E-state index is 0.0884. The van der Waals surface area contributed by atoms with E-state index in [0.717, 1.165) is 19.0 Å². The van der Waals surface area contributed by atoms with Gasteiger partial charge in [0.05, 0.1) is 18.7 Å². The average molecular weight is 296 g/mol. The second-order valence-corrected chi connectivity index (χ2v) is 5.89. The van der Waals surface area contributed by atoms with Gasteiger partial charge in [-0.15, -0.1) is 0 Å². The van der Waals surface area contributed by atoms with Gasteiger partial charge in [-0.3, -0.25) is 9.69 Å². The predicted octanol–water partition coefficient (Wildman–Crippen LogP) is 3.65. The summed E-state index contributed by atoms with van der Waals surface area (Å²) in [7, 11) is 0. The van der Waals surface area contributed by atoms with Crippen molar-refractivity contribution in [2.24, 2.45) is 5.92 Å². The molecule has 0 bridgehead atoms. The van der Waals surface area contributed by atoms with Crippen molar-refractivity contribution in [1.82, 2.24) is 4.90 Å². The van der Waals surface area contributed by atoms with Crippen LogP contribution in [0.2, 0.25) is 5.02 Å². The van der Waals surface area contributed by atoms with Gasteiger partial charge in [-0.2, -0.15) is 0 Å². The van der Waals surface area contributed by atoms with Crippen LogP contribution in [0.5, 0.6) is 5.75 Å². The molecule has 1 saturated heterocycles. The number of hydrogen-bond acceptors (Lipinski definition) is 3. The van der Waals surface area contributed by atoms with Crippen molar-refractivity contribution < 1.29 is 9.53 Å². The first-order chi connectivity index (χ1) is 9.60. The molecule has 0 saturated carbocycles. The molecule has 1 aliphatic rings. The van der Waals surface area contributed by atoms with Crippen molar-refractivity contribution in [2.75, 3.05) is 26.2 Å². The summed E-state index contributed by atoms with van der Waals surface area (Å²) >= 11 is 6.00. The Morgan fingerprint density at radius 1 is 1.40 bits per heavy atom. The molecule has 0 aromatic heterocycles. The number of likely N-dealkylation sites (tertiary alicyclic amines) is 1. The summed E-state index contributed by atoms with van der Waals surface area (Å²) in [5, 5.41) is 0.573. The monoisotopic (exact) mass is 295 g/mol. The molecule has 0 aliphatic carbocycles. The Balaban J connectivity index is 2.06. The maximum atomic E-state index is 12.5. The molecule has 1 aromatic carbocycles. The molecule has 20 heavy (non-hydrogen) atoms. The van der Waals surface area contributed by atoms with Crippen molar-refractivity contribution in [3.8, 4) is 5.75 Å². The van der Waals surface area contributed by atoms with Gasteiger partial charge in [-0.25, -0.2) is 0 Å². The molecule has 0 unspecified atom stereocenters. The molecular formula is C16H22ClNO2. The van der Waals surface area contributed by atoms with E-state index in [1.54, 1.807) is 18.2 Å². The van der Waals surface area contributed by atoms with E-state index in [-0.39, 0.29) is 5.78 Å². The first kappa shape index (κ1) is 15.3. The second-order valence-electron chi connectivity index (χ2n) is 5.46. The third-order valence-electron chi connectivity index (χ3n) is 3.79. The summed E-state index contributed by atoms with van der Waals surface area (Å²) < 4.78 is 5.52. The third-order valence-corrected chi connectivity index (χ3v) is 4.02. The highest BCUT2D eigenvalue weighted by Crippen LogP contribution is 2.24. The molecule has 3 nitrogen and oxygen atoms in total. The summed E-state index contributed by atoms with van der Waals surface area (Å²) in [6.07, 6.45) is 2.34. The topological polar surface area (TPSA) is 29.5 Å². The van der Waals surface area contributed by atoms with Crippen LogP contribution >= 0.6 is 11.6 Å². The smallest absolute Gasteiger partial charge is 0.180 e. The fraction of sp³-hybridized carbons (Fsp3) is 0.562. The number of rotatable bonds is 5. The van der Waals surface area contributed by atoms with Crippen molar-refractivity contribution >= 4 is 17.4 Å². The molecule has 110 valence electrons. The Morgan fingerprint density at radius 2 is 2.10 bits per heavy atom. The number of carbonyl (C=O) groups is 1. The second kappa shape index (κ2) is 7.09. The number of piperidine rings is 1. The van der Waals surface area contributed by atoms with Crippen molar-refractivity contribution in [3.05, 3.63) is 28.8 Å². The summed E-state index contributed by atoms with van der Waals surface area (Å²) in [5.41, 5.74) is 0.595. The largest absolute Gasteiger partial charge is 0.493 e. The van der Waals surface area contributed by atoms with E-state index in [0.29, 0.717) is 29.5 Å². The lowest BCUT2D eigenvalue weighted by molar-refractivity contribution is 0.0896. The van der Waals surface area contributed by atoms with Crippen LogP contribution < -0.4 is 4.74 Å². The van der Waals surface area contributed by atoms with Gasteiger partial charge in [0.1, 0.15) is 5.75 Å². The number of benzene rings is 1. The van der Waals surface area contributed by atoms with Crippen LogP contribution in [-0.4, -0.2) is 36.9 Å². The predicted molar refractivity (Wildman–Crippen MR) is 81.8 cm³/mol. The minimum Gasteiger partial charge on any atom is -0.493 e. The summed E-state index contributed by atoms with van der Waals surface area (Å²) in [6.45, 7) is 7.17. The van der Waals surface area contributed by atoms with Crippen LogP contribution in [0.25, 0.3) is 0 Å². The van der Waals surface area contributed by atoms with E-state index in [4.69, 9.17) is 16.3 Å². The summed E-state index contributed by atoms with van der Waals surface area (Å²) in [5.74, 6) is 1.49. The first-order valence-corrected chi connectivity index (χ1v) is 7.66. The van der Waals surface area contributed by atoms with E-state index in [9.17, 15) is 4.79 Å². The van der Waals surface area contributed by atoms with Crippen LogP contribution in [-0.2, 0) is 0 Å². The quantitative estimate of drug-likeness (QED) is 0.777. The fourth-order valence-electron chi connectivity index (χ4n) is 2.51. The Bertz CT molecular complexity index is 468. The highest BCUT2D eigenvalue weighted by Gasteiger charge is 2.20. The minimum absolute atomic E-state index is 0.0884. The number of ketones is 1. The number of hydrogen-bond donors (Lipinski definition) is 0. The Morgan fingerprint density at radius 3 is 2.75 bits per heavy atom. The van der Waals surface area contributed by atoms with Gasteiger partial charge in [0, 0.05) is 5.02 Å². The molecule has 1 aromatic rings. The maximum absolute atomic E-state index is 12.5. The van der Waals surface area contributed by atoms with Gasteiger partial charge in [0.25, 0.3) is 0 Å². The zero-order valence-corrected chi connectivity index (χ0v) is 12.9.